The maximum Gasteiger partial charge on any atom is 2.00 e. The van der Waals surface area contributed by atoms with Gasteiger partial charge in [-0.3, -0.25) is 0 Å². The Balaban J connectivity index is 0. The monoisotopic (exact) mass is 301 g/mol. The predicted molar refractivity (Wildman–Crippen MR) is 7.81 cm³/mol. The average Bonchev–Trinajstić information content (AvgIpc) is 0. The molecule has 0 aliphatic rings. The molecule has 0 atom stereocenters. The minimum absolute atomic E-state index is 0. The van der Waals surface area contributed by atoms with Crippen molar-refractivity contribution in [2.75, 3.05) is 0 Å². The Morgan fingerprint density at radius 2 is 0.667 bits per heavy atom. The molecule has 0 fully saturated rings. The smallest absolute Gasteiger partial charge is 2.00 e. The van der Waals surface area contributed by atoms with E-state index in [4.69, 9.17) is 0 Å². The molecule has 0 bridgehead atoms. The standard InChI is InChI=1S/Ba.Co.Fe.3O/q3*+2;3*-2. The summed E-state index contributed by atoms with van der Waals surface area (Å²) in [6.45, 7) is 0. The van der Waals surface area contributed by atoms with Crippen molar-refractivity contribution >= 4 is 48.9 Å². The van der Waals surface area contributed by atoms with Crippen LogP contribution in [-0.2, 0) is 50.3 Å². The molecule has 0 rings (SSSR count). The van der Waals surface area contributed by atoms with Crippen LogP contribution in [0, 0.1) is 0 Å². The van der Waals surface area contributed by atoms with Gasteiger partial charge in [0.05, 0.1) is 0 Å². The van der Waals surface area contributed by atoms with E-state index in [1.54, 1.807) is 0 Å². The molecule has 0 aromatic heterocycles. The molecule has 0 unspecified atom stereocenters. The molecule has 0 heterocycles. The maximum absolute atomic E-state index is 0. The van der Waals surface area contributed by atoms with Crippen LogP contribution in [0.1, 0.15) is 0 Å². The molecule has 3 nitrogen and oxygen atoms in total. The van der Waals surface area contributed by atoms with Gasteiger partial charge in [0.25, 0.3) is 0 Å². The summed E-state index contributed by atoms with van der Waals surface area (Å²) in [5.74, 6) is 0. The number of rotatable bonds is 0. The van der Waals surface area contributed by atoms with E-state index in [-0.39, 0.29) is 99.2 Å². The van der Waals surface area contributed by atoms with Crippen LogP contribution in [0.5, 0.6) is 0 Å². The van der Waals surface area contributed by atoms with E-state index in [1.165, 1.54) is 0 Å². The van der Waals surface area contributed by atoms with Crippen molar-refractivity contribution in [3.63, 3.8) is 0 Å². The molecule has 0 amide bonds. The van der Waals surface area contributed by atoms with Crippen LogP contribution < -0.4 is 0 Å². The average molecular weight is 300 g/mol. The van der Waals surface area contributed by atoms with Gasteiger partial charge < -0.3 is 16.4 Å². The van der Waals surface area contributed by atoms with E-state index in [1.807, 2.05) is 0 Å². The number of hydrogen-bond donors (Lipinski definition) is 0. The van der Waals surface area contributed by atoms with Gasteiger partial charge in [0, 0.05) is 0 Å². The van der Waals surface area contributed by atoms with Crippen LogP contribution in [0.25, 0.3) is 0 Å². The van der Waals surface area contributed by atoms with Gasteiger partial charge in [-0.25, -0.2) is 0 Å². The molecule has 1 radical (unpaired) electrons. The zero-order chi connectivity index (χ0) is 0. The van der Waals surface area contributed by atoms with E-state index in [2.05, 4.69) is 0 Å². The fourth-order valence-corrected chi connectivity index (χ4v) is 0. The van der Waals surface area contributed by atoms with E-state index in [9.17, 15) is 0 Å². The first-order chi connectivity index (χ1) is 0. The first kappa shape index (κ1) is 77.2. The first-order valence-corrected chi connectivity index (χ1v) is 0. The van der Waals surface area contributed by atoms with Gasteiger partial charge in [0.2, 0.25) is 0 Å². The van der Waals surface area contributed by atoms with Crippen LogP contribution in [0.3, 0.4) is 0 Å². The molecule has 6 heavy (non-hydrogen) atoms. The van der Waals surface area contributed by atoms with Crippen molar-refractivity contribution in [3.05, 3.63) is 0 Å². The Morgan fingerprint density at radius 1 is 0.667 bits per heavy atom. The van der Waals surface area contributed by atoms with Gasteiger partial charge in [-0.2, -0.15) is 0 Å². The van der Waals surface area contributed by atoms with E-state index >= 15 is 0 Å². The molecule has 0 N–H and O–H groups in total. The molecule has 0 spiro atoms. The first-order valence-electron chi connectivity index (χ1n) is 0. The van der Waals surface area contributed by atoms with Crippen molar-refractivity contribution in [2.45, 2.75) is 0 Å². The fourth-order valence-electron chi connectivity index (χ4n) is 0. The molecular formula is BaCoFeO3. The third-order valence-corrected chi connectivity index (χ3v) is 0. The van der Waals surface area contributed by atoms with Crippen molar-refractivity contribution in [1.29, 1.82) is 0 Å². The molecule has 0 aliphatic heterocycles. The summed E-state index contributed by atoms with van der Waals surface area (Å²) in [6.07, 6.45) is 0. The molecule has 37 valence electrons. The molecule has 0 saturated carbocycles. The van der Waals surface area contributed by atoms with Crippen LogP contribution >= 0.6 is 0 Å². The third kappa shape index (κ3) is 31.7. The molecule has 6 heteroatoms. The zero-order valence-corrected chi connectivity index (χ0v) is 9.20. The Hall–Kier alpha value is 2.48. The van der Waals surface area contributed by atoms with Gasteiger partial charge in [-0.15, -0.1) is 0 Å². The second kappa shape index (κ2) is 51.1. The summed E-state index contributed by atoms with van der Waals surface area (Å²) < 4.78 is 0. The van der Waals surface area contributed by atoms with Crippen LogP contribution in [-0.4, -0.2) is 48.9 Å². The maximum atomic E-state index is 0. The SMILES string of the molecule is [Ba+2].[Co+2].[Fe+2].[O-2].[O-2].[O-2]. The van der Waals surface area contributed by atoms with E-state index in [0.717, 1.165) is 0 Å². The summed E-state index contributed by atoms with van der Waals surface area (Å²) in [4.78, 5) is 0. The summed E-state index contributed by atoms with van der Waals surface area (Å²) in [7, 11) is 0. The van der Waals surface area contributed by atoms with Crippen molar-refractivity contribution < 1.29 is 50.3 Å². The summed E-state index contributed by atoms with van der Waals surface area (Å²) in [6, 6.07) is 0. The Bertz CT molecular complexity index is 10.8. The molecule has 0 saturated heterocycles. The fraction of sp³-hybridized carbons (Fsp3) is 0. The Kier molecular flexibility index (Phi) is 658. The number of hydrogen-bond acceptors (Lipinski definition) is 0. The second-order valence-corrected chi connectivity index (χ2v) is 0. The molecule has 0 aromatic rings. The quantitative estimate of drug-likeness (QED) is 0.528. The summed E-state index contributed by atoms with van der Waals surface area (Å²) in [5, 5.41) is 0. The zero-order valence-electron chi connectivity index (χ0n) is 2.62. The normalized spacial score (nSPS) is 0. The van der Waals surface area contributed by atoms with Gasteiger partial charge >= 0.3 is 82.7 Å². The van der Waals surface area contributed by atoms with Crippen LogP contribution in [0.2, 0.25) is 0 Å². The van der Waals surface area contributed by atoms with Crippen molar-refractivity contribution in [2.24, 2.45) is 0 Å². The topological polar surface area (TPSA) is 85.5 Å². The van der Waals surface area contributed by atoms with E-state index in [0.29, 0.717) is 0 Å². The van der Waals surface area contributed by atoms with Gasteiger partial charge in [0.15, 0.2) is 0 Å². The predicted octanol–water partition coefficient (Wildman–Crippen LogP) is -0.742. The summed E-state index contributed by atoms with van der Waals surface area (Å²) in [5.41, 5.74) is 0. The molecule has 0 aromatic carbocycles. The molecular weight excluding hydrogens is 300 g/mol. The van der Waals surface area contributed by atoms with E-state index < -0.39 is 0 Å². The van der Waals surface area contributed by atoms with Gasteiger partial charge in [0.1, 0.15) is 0 Å². The summed E-state index contributed by atoms with van der Waals surface area (Å²) >= 11 is 0. The Morgan fingerprint density at radius 3 is 0.667 bits per heavy atom. The van der Waals surface area contributed by atoms with Crippen LogP contribution in [0.15, 0.2) is 0 Å². The van der Waals surface area contributed by atoms with Crippen LogP contribution in [0.4, 0.5) is 0 Å². The largest absolute Gasteiger partial charge is 2.00 e. The Labute approximate surface area is 97.3 Å². The van der Waals surface area contributed by atoms with Gasteiger partial charge in [-0.05, 0) is 0 Å². The third-order valence-electron chi connectivity index (χ3n) is 0. The van der Waals surface area contributed by atoms with Crippen molar-refractivity contribution in [1.82, 2.24) is 0 Å². The van der Waals surface area contributed by atoms with Crippen molar-refractivity contribution in [3.8, 4) is 0 Å². The minimum atomic E-state index is 0. The van der Waals surface area contributed by atoms with Gasteiger partial charge in [-0.1, -0.05) is 0 Å². The second-order valence-electron chi connectivity index (χ2n) is 0. The minimum Gasteiger partial charge on any atom is -2.00 e. The molecule has 0 aliphatic carbocycles.